The maximum atomic E-state index is 11.6. The van der Waals surface area contributed by atoms with Gasteiger partial charge in [-0.05, 0) is 33.3 Å². The molecule has 1 aliphatic carbocycles. The number of halogens is 1. The van der Waals surface area contributed by atoms with Crippen molar-refractivity contribution in [2.45, 2.75) is 50.7 Å². The highest BCUT2D eigenvalue weighted by atomic mass is 35.5. The van der Waals surface area contributed by atoms with Crippen molar-refractivity contribution in [2.24, 2.45) is 5.92 Å². The second kappa shape index (κ2) is 4.75. The Kier molecular flexibility index (Phi) is 3.11. The van der Waals surface area contributed by atoms with Gasteiger partial charge < -0.3 is 18.8 Å². The van der Waals surface area contributed by atoms with Crippen LogP contribution in [0.3, 0.4) is 0 Å². The van der Waals surface area contributed by atoms with Crippen LogP contribution >= 0.6 is 11.6 Å². The van der Waals surface area contributed by atoms with Crippen molar-refractivity contribution in [1.29, 1.82) is 0 Å². The first-order chi connectivity index (χ1) is 10.9. The first-order valence-corrected chi connectivity index (χ1v) is 8.04. The molecule has 2 fully saturated rings. The smallest absolute Gasteiger partial charge is 0.164 e. The van der Waals surface area contributed by atoms with Crippen molar-refractivity contribution in [1.82, 2.24) is 14.5 Å². The van der Waals surface area contributed by atoms with Crippen molar-refractivity contribution < 1.29 is 14.3 Å². The molecule has 0 amide bonds. The normalized spacial score (nSPS) is 35.6. The minimum atomic E-state index is -0.713. The Morgan fingerprint density at radius 1 is 1.39 bits per heavy atom. The zero-order valence-electron chi connectivity index (χ0n) is 13.2. The Morgan fingerprint density at radius 3 is 2.91 bits per heavy atom. The minimum Gasteiger partial charge on any atom is -0.342 e. The minimum absolute atomic E-state index is 0.0413. The van der Waals surface area contributed by atoms with E-state index in [0.29, 0.717) is 11.6 Å². The van der Waals surface area contributed by atoms with E-state index in [1.54, 1.807) is 0 Å². The van der Waals surface area contributed by atoms with Gasteiger partial charge in [0.15, 0.2) is 5.79 Å². The summed E-state index contributed by atoms with van der Waals surface area (Å²) in [6.07, 6.45) is 4.77. The van der Waals surface area contributed by atoms with Crippen molar-refractivity contribution in [3.05, 3.63) is 23.7 Å². The number of aromatic nitrogens is 3. The molecule has 122 valence electrons. The summed E-state index contributed by atoms with van der Waals surface area (Å²) in [5.74, 6) is -0.941. The number of rotatable bonds is 2. The second-order valence-corrected chi connectivity index (χ2v) is 7.25. The molecule has 0 aromatic carbocycles. The van der Waals surface area contributed by atoms with Crippen LogP contribution in [0.5, 0.6) is 0 Å². The van der Waals surface area contributed by atoms with Gasteiger partial charge >= 0.3 is 0 Å². The largest absolute Gasteiger partial charge is 0.342 e. The average molecular weight is 336 g/mol. The maximum absolute atomic E-state index is 11.6. The molecule has 0 bridgehead atoms. The summed E-state index contributed by atoms with van der Waals surface area (Å²) in [5.41, 5.74) is 0.112. The van der Waals surface area contributed by atoms with E-state index in [9.17, 15) is 4.79 Å². The van der Waals surface area contributed by atoms with Gasteiger partial charge in [-0.3, -0.25) is 0 Å². The summed E-state index contributed by atoms with van der Waals surface area (Å²) >= 11 is 6.14. The molecular weight excluding hydrogens is 318 g/mol. The molecule has 4 atom stereocenters. The Labute approximate surface area is 138 Å². The topological polar surface area (TPSA) is 66.2 Å². The highest BCUT2D eigenvalue weighted by Crippen LogP contribution is 2.53. The van der Waals surface area contributed by atoms with Gasteiger partial charge in [-0.1, -0.05) is 11.6 Å². The molecular formula is C16H18ClN3O3. The van der Waals surface area contributed by atoms with Crippen LogP contribution in [0.1, 0.15) is 33.2 Å². The molecule has 2 aliphatic rings. The van der Waals surface area contributed by atoms with Crippen molar-refractivity contribution in [3.63, 3.8) is 0 Å². The monoisotopic (exact) mass is 335 g/mol. The van der Waals surface area contributed by atoms with Gasteiger partial charge in [0, 0.05) is 12.1 Å². The lowest BCUT2D eigenvalue weighted by atomic mass is 9.93. The molecule has 0 unspecified atom stereocenters. The predicted molar refractivity (Wildman–Crippen MR) is 84.2 cm³/mol. The van der Waals surface area contributed by atoms with Crippen LogP contribution in [0.2, 0.25) is 5.15 Å². The SMILES string of the molecule is CC1(C)O[C@H]2[C@H](n3ccc4c(Cl)ncnc43)C[C@H](C=O)[C@@]2(C)O1. The Bertz CT molecular complexity index is 790. The zero-order chi connectivity index (χ0) is 16.4. The predicted octanol–water partition coefficient (Wildman–Crippen LogP) is 2.75. The molecule has 0 radical (unpaired) electrons. The Morgan fingerprint density at radius 2 is 2.17 bits per heavy atom. The fourth-order valence-corrected chi connectivity index (χ4v) is 4.25. The molecule has 3 heterocycles. The van der Waals surface area contributed by atoms with E-state index < -0.39 is 11.4 Å². The van der Waals surface area contributed by atoms with Crippen LogP contribution in [0, 0.1) is 5.92 Å². The third-order valence-corrected chi connectivity index (χ3v) is 5.31. The third-order valence-electron chi connectivity index (χ3n) is 5.00. The Hall–Kier alpha value is -1.50. The van der Waals surface area contributed by atoms with Gasteiger partial charge in [0.2, 0.25) is 0 Å². The van der Waals surface area contributed by atoms with E-state index in [0.717, 1.165) is 17.3 Å². The van der Waals surface area contributed by atoms with Crippen LogP contribution in [0.25, 0.3) is 11.0 Å². The first kappa shape index (κ1) is 15.1. The lowest BCUT2D eigenvalue weighted by Gasteiger charge is -2.27. The fourth-order valence-electron chi connectivity index (χ4n) is 4.06. The van der Waals surface area contributed by atoms with Gasteiger partial charge in [0.05, 0.1) is 11.4 Å². The molecule has 1 aliphatic heterocycles. The van der Waals surface area contributed by atoms with Crippen LogP contribution in [0.15, 0.2) is 18.6 Å². The number of hydrogen-bond acceptors (Lipinski definition) is 5. The van der Waals surface area contributed by atoms with Crippen molar-refractivity contribution in [2.75, 3.05) is 0 Å². The number of nitrogens with zero attached hydrogens (tertiary/aromatic N) is 3. The summed E-state index contributed by atoms with van der Waals surface area (Å²) in [7, 11) is 0. The van der Waals surface area contributed by atoms with E-state index in [4.69, 9.17) is 21.1 Å². The number of hydrogen-bond donors (Lipinski definition) is 0. The summed E-state index contributed by atoms with van der Waals surface area (Å²) < 4.78 is 14.3. The molecule has 7 heteroatoms. The summed E-state index contributed by atoms with van der Waals surface area (Å²) in [6.45, 7) is 5.71. The number of aldehydes is 1. The third kappa shape index (κ3) is 2.05. The highest BCUT2D eigenvalue weighted by molar-refractivity contribution is 6.33. The van der Waals surface area contributed by atoms with Gasteiger partial charge in [-0.15, -0.1) is 0 Å². The molecule has 4 rings (SSSR count). The van der Waals surface area contributed by atoms with E-state index in [1.807, 2.05) is 37.6 Å². The van der Waals surface area contributed by atoms with Crippen LogP contribution in [0.4, 0.5) is 0 Å². The van der Waals surface area contributed by atoms with Gasteiger partial charge in [0.25, 0.3) is 0 Å². The quantitative estimate of drug-likeness (QED) is 0.623. The van der Waals surface area contributed by atoms with E-state index in [-0.39, 0.29) is 18.1 Å². The van der Waals surface area contributed by atoms with Gasteiger partial charge in [0.1, 0.15) is 35.1 Å². The number of carbonyl (C=O) groups is 1. The molecule has 23 heavy (non-hydrogen) atoms. The van der Waals surface area contributed by atoms with E-state index >= 15 is 0 Å². The average Bonchev–Trinajstić information content (AvgIpc) is 3.07. The van der Waals surface area contributed by atoms with Gasteiger partial charge in [-0.2, -0.15) is 0 Å². The zero-order valence-corrected chi connectivity index (χ0v) is 13.9. The fraction of sp³-hybridized carbons (Fsp3) is 0.562. The molecule has 6 nitrogen and oxygen atoms in total. The number of carbonyl (C=O) groups excluding carboxylic acids is 1. The van der Waals surface area contributed by atoms with Crippen LogP contribution < -0.4 is 0 Å². The molecule has 0 spiro atoms. The van der Waals surface area contributed by atoms with Gasteiger partial charge in [-0.25, -0.2) is 9.97 Å². The van der Waals surface area contributed by atoms with E-state index in [2.05, 4.69) is 9.97 Å². The molecule has 0 N–H and O–H groups in total. The lowest BCUT2D eigenvalue weighted by Crippen LogP contribution is -2.40. The summed E-state index contributed by atoms with van der Waals surface area (Å²) in [6, 6.07) is 1.85. The Balaban J connectivity index is 1.82. The van der Waals surface area contributed by atoms with Crippen molar-refractivity contribution in [3.8, 4) is 0 Å². The van der Waals surface area contributed by atoms with Crippen LogP contribution in [-0.2, 0) is 14.3 Å². The summed E-state index contributed by atoms with van der Waals surface area (Å²) in [5, 5.41) is 1.22. The van der Waals surface area contributed by atoms with Crippen LogP contribution in [-0.4, -0.2) is 38.3 Å². The highest BCUT2D eigenvalue weighted by Gasteiger charge is 2.62. The number of ether oxygens (including phenoxy) is 2. The molecule has 1 saturated carbocycles. The second-order valence-electron chi connectivity index (χ2n) is 6.89. The number of fused-ring (bicyclic) bond motifs is 2. The lowest BCUT2D eigenvalue weighted by molar-refractivity contribution is -0.176. The standard InChI is InChI=1S/C16H18ClN3O3/c1-15(2)22-12-11(6-9(7-21)16(12,3)23-15)20-5-4-10-13(17)18-8-19-14(10)20/h4-5,7-9,11-12H,6H2,1-3H3/t9-,11-,12+,16-/m1/s1. The summed E-state index contributed by atoms with van der Waals surface area (Å²) in [4.78, 5) is 20.0. The molecule has 1 saturated heterocycles. The molecule has 2 aromatic rings. The van der Waals surface area contributed by atoms with Crippen molar-refractivity contribution >= 4 is 28.9 Å². The maximum Gasteiger partial charge on any atom is 0.164 e. The first-order valence-electron chi connectivity index (χ1n) is 7.66. The molecule has 2 aromatic heterocycles. The van der Waals surface area contributed by atoms with E-state index in [1.165, 1.54) is 6.33 Å².